The number of methoxy groups -OCH3 is 1. The molecule has 1 aromatic rings. The average molecular weight is 310 g/mol. The van der Waals surface area contributed by atoms with Crippen LogP contribution in [0.5, 0.6) is 0 Å². The monoisotopic (exact) mass is 310 g/mol. The lowest BCUT2D eigenvalue weighted by Crippen LogP contribution is -2.36. The van der Waals surface area contributed by atoms with Crippen molar-refractivity contribution < 1.29 is 14.3 Å². The summed E-state index contributed by atoms with van der Waals surface area (Å²) in [5.41, 5.74) is 7.31. The summed E-state index contributed by atoms with van der Waals surface area (Å²) in [6, 6.07) is 0. The fourth-order valence-electron chi connectivity index (χ4n) is 2.72. The average Bonchev–Trinajstić information content (AvgIpc) is 2.83. The van der Waals surface area contributed by atoms with Crippen LogP contribution in [-0.4, -0.2) is 37.0 Å². The first kappa shape index (κ1) is 15.8. The van der Waals surface area contributed by atoms with E-state index in [1.807, 2.05) is 11.8 Å². The zero-order chi connectivity index (χ0) is 15.4. The van der Waals surface area contributed by atoms with Gasteiger partial charge in [0.2, 0.25) is 0 Å². The van der Waals surface area contributed by atoms with E-state index in [4.69, 9.17) is 10.5 Å². The first-order chi connectivity index (χ1) is 10.1. The SMILES string of the molecule is CCCc1c(C(=O)OC)sc(N)c1C(=O)N1CCCCC1. The second-order valence-corrected chi connectivity index (χ2v) is 6.30. The predicted octanol–water partition coefficient (Wildman–Crippen LogP) is 2.70. The molecule has 0 spiro atoms. The van der Waals surface area contributed by atoms with Gasteiger partial charge in [-0.15, -0.1) is 11.3 Å². The van der Waals surface area contributed by atoms with Gasteiger partial charge in [0.1, 0.15) is 4.88 Å². The molecule has 0 aromatic carbocycles. The van der Waals surface area contributed by atoms with Crippen molar-refractivity contribution in [3.63, 3.8) is 0 Å². The molecule has 1 aliphatic heterocycles. The minimum atomic E-state index is -0.409. The minimum absolute atomic E-state index is 0.0398. The van der Waals surface area contributed by atoms with Gasteiger partial charge in [-0.1, -0.05) is 13.3 Å². The summed E-state index contributed by atoms with van der Waals surface area (Å²) in [6.45, 7) is 3.56. The first-order valence-electron chi connectivity index (χ1n) is 7.38. The topological polar surface area (TPSA) is 72.6 Å². The number of nitrogens with two attached hydrogens (primary N) is 1. The summed E-state index contributed by atoms with van der Waals surface area (Å²) in [5.74, 6) is -0.449. The van der Waals surface area contributed by atoms with Gasteiger partial charge in [-0.3, -0.25) is 4.79 Å². The molecule has 116 valence electrons. The number of amides is 1. The number of carbonyl (C=O) groups is 2. The third kappa shape index (κ3) is 3.20. The summed E-state index contributed by atoms with van der Waals surface area (Å²) >= 11 is 1.16. The highest BCUT2D eigenvalue weighted by atomic mass is 32.1. The zero-order valence-electron chi connectivity index (χ0n) is 12.6. The lowest BCUT2D eigenvalue weighted by molar-refractivity contribution is 0.0605. The van der Waals surface area contributed by atoms with Crippen molar-refractivity contribution in [2.75, 3.05) is 25.9 Å². The van der Waals surface area contributed by atoms with E-state index in [0.717, 1.165) is 55.7 Å². The van der Waals surface area contributed by atoms with Crippen LogP contribution >= 0.6 is 11.3 Å². The molecule has 1 aromatic heterocycles. The number of anilines is 1. The molecule has 21 heavy (non-hydrogen) atoms. The van der Waals surface area contributed by atoms with Crippen LogP contribution in [0.3, 0.4) is 0 Å². The number of nitrogens with zero attached hydrogens (tertiary/aromatic N) is 1. The molecule has 0 saturated carbocycles. The Labute approximate surface area is 129 Å². The number of rotatable bonds is 4. The molecule has 1 saturated heterocycles. The zero-order valence-corrected chi connectivity index (χ0v) is 13.4. The van der Waals surface area contributed by atoms with E-state index in [1.54, 1.807) is 0 Å². The number of piperidine rings is 1. The maximum atomic E-state index is 12.7. The Balaban J connectivity index is 2.39. The highest BCUT2D eigenvalue weighted by Gasteiger charge is 2.29. The van der Waals surface area contributed by atoms with Gasteiger partial charge in [0.15, 0.2) is 0 Å². The van der Waals surface area contributed by atoms with Crippen molar-refractivity contribution >= 4 is 28.2 Å². The normalized spacial score (nSPS) is 15.0. The summed E-state index contributed by atoms with van der Waals surface area (Å²) in [4.78, 5) is 26.9. The predicted molar refractivity (Wildman–Crippen MR) is 83.8 cm³/mol. The smallest absolute Gasteiger partial charge is 0.348 e. The second-order valence-electron chi connectivity index (χ2n) is 5.24. The first-order valence-corrected chi connectivity index (χ1v) is 8.20. The minimum Gasteiger partial charge on any atom is -0.465 e. The molecule has 1 aliphatic rings. The molecule has 0 atom stereocenters. The molecule has 5 nitrogen and oxygen atoms in total. The van der Waals surface area contributed by atoms with Gasteiger partial charge in [-0.05, 0) is 31.2 Å². The maximum Gasteiger partial charge on any atom is 0.348 e. The van der Waals surface area contributed by atoms with E-state index in [-0.39, 0.29) is 5.91 Å². The quantitative estimate of drug-likeness (QED) is 0.868. The molecular weight excluding hydrogens is 288 g/mol. The van der Waals surface area contributed by atoms with Crippen molar-refractivity contribution in [1.82, 2.24) is 4.90 Å². The van der Waals surface area contributed by atoms with Crippen molar-refractivity contribution in [1.29, 1.82) is 0 Å². The van der Waals surface area contributed by atoms with Crippen molar-refractivity contribution in [3.05, 3.63) is 16.0 Å². The van der Waals surface area contributed by atoms with Crippen LogP contribution in [-0.2, 0) is 11.2 Å². The highest BCUT2D eigenvalue weighted by Crippen LogP contribution is 2.34. The standard InChI is InChI=1S/C15H22N2O3S/c1-3-7-10-11(13(16)21-12(10)15(19)20-2)14(18)17-8-5-4-6-9-17/h3-9,16H2,1-2H3. The van der Waals surface area contributed by atoms with Crippen LogP contribution in [0.1, 0.15) is 58.2 Å². The van der Waals surface area contributed by atoms with E-state index < -0.39 is 5.97 Å². The lowest BCUT2D eigenvalue weighted by Gasteiger charge is -2.27. The molecule has 0 bridgehead atoms. The Morgan fingerprint density at radius 1 is 1.29 bits per heavy atom. The Hall–Kier alpha value is -1.56. The molecule has 1 fully saturated rings. The fourth-order valence-corrected chi connectivity index (χ4v) is 3.75. The number of hydrogen-bond acceptors (Lipinski definition) is 5. The number of carbonyl (C=O) groups excluding carboxylic acids is 2. The van der Waals surface area contributed by atoms with E-state index in [2.05, 4.69) is 0 Å². The Morgan fingerprint density at radius 2 is 1.95 bits per heavy atom. The third-order valence-electron chi connectivity index (χ3n) is 3.76. The van der Waals surface area contributed by atoms with Crippen LogP contribution in [0, 0.1) is 0 Å². The van der Waals surface area contributed by atoms with Gasteiger partial charge < -0.3 is 15.4 Å². The molecule has 0 unspecified atom stereocenters. The largest absolute Gasteiger partial charge is 0.465 e. The Morgan fingerprint density at radius 3 is 2.52 bits per heavy atom. The summed E-state index contributed by atoms with van der Waals surface area (Å²) < 4.78 is 4.81. The maximum absolute atomic E-state index is 12.7. The summed E-state index contributed by atoms with van der Waals surface area (Å²) in [7, 11) is 1.35. The summed E-state index contributed by atoms with van der Waals surface area (Å²) in [6.07, 6.45) is 4.73. The molecule has 6 heteroatoms. The van der Waals surface area contributed by atoms with Gasteiger partial charge in [-0.25, -0.2) is 4.79 Å². The second kappa shape index (κ2) is 6.93. The van der Waals surface area contributed by atoms with Gasteiger partial charge in [0.05, 0.1) is 17.7 Å². The molecule has 0 radical (unpaired) electrons. The van der Waals surface area contributed by atoms with E-state index in [9.17, 15) is 9.59 Å². The van der Waals surface area contributed by atoms with Gasteiger partial charge in [0.25, 0.3) is 5.91 Å². The van der Waals surface area contributed by atoms with E-state index in [1.165, 1.54) is 7.11 Å². The molecule has 1 amide bonds. The molecule has 2 N–H and O–H groups in total. The number of esters is 1. The lowest BCUT2D eigenvalue weighted by atomic mass is 10.0. The number of nitrogen functional groups attached to an aromatic ring is 1. The number of thiophene rings is 1. The van der Waals surface area contributed by atoms with E-state index >= 15 is 0 Å². The van der Waals surface area contributed by atoms with Crippen LogP contribution < -0.4 is 5.73 Å². The highest BCUT2D eigenvalue weighted by molar-refractivity contribution is 7.18. The van der Waals surface area contributed by atoms with Crippen molar-refractivity contribution in [2.45, 2.75) is 39.0 Å². The third-order valence-corrected chi connectivity index (χ3v) is 4.80. The fraction of sp³-hybridized carbons (Fsp3) is 0.600. The number of ether oxygens (including phenoxy) is 1. The molecular formula is C15H22N2O3S. The van der Waals surface area contributed by atoms with Gasteiger partial charge in [-0.2, -0.15) is 0 Å². The van der Waals surface area contributed by atoms with Crippen LogP contribution in [0.25, 0.3) is 0 Å². The van der Waals surface area contributed by atoms with Gasteiger partial charge >= 0.3 is 5.97 Å². The van der Waals surface area contributed by atoms with Crippen LogP contribution in [0.4, 0.5) is 5.00 Å². The van der Waals surface area contributed by atoms with Crippen LogP contribution in [0.2, 0.25) is 0 Å². The van der Waals surface area contributed by atoms with Crippen molar-refractivity contribution in [2.24, 2.45) is 0 Å². The molecule has 2 rings (SSSR count). The van der Waals surface area contributed by atoms with Crippen molar-refractivity contribution in [3.8, 4) is 0 Å². The Bertz CT molecular complexity index is 533. The number of likely N-dealkylation sites (tertiary alicyclic amines) is 1. The molecule has 0 aliphatic carbocycles. The van der Waals surface area contributed by atoms with Gasteiger partial charge in [0, 0.05) is 13.1 Å². The van der Waals surface area contributed by atoms with Crippen LogP contribution in [0.15, 0.2) is 0 Å². The summed E-state index contributed by atoms with van der Waals surface area (Å²) in [5, 5.41) is 0.425. The molecule has 2 heterocycles. The van der Waals surface area contributed by atoms with E-state index in [0.29, 0.717) is 21.9 Å². The Kier molecular flexibility index (Phi) is 5.22. The number of hydrogen-bond donors (Lipinski definition) is 1.